The minimum absolute atomic E-state index is 0.102. The second-order valence-electron chi connectivity index (χ2n) is 5.26. The molecule has 0 aliphatic rings. The molecule has 0 spiro atoms. The summed E-state index contributed by atoms with van der Waals surface area (Å²) in [7, 11) is 1.86. The molecule has 0 aliphatic carbocycles. The molecular formula is C18H16ClN3O. The third-order valence-electron chi connectivity index (χ3n) is 3.53. The molecule has 2 aromatic carbocycles. The Kier molecular flexibility index (Phi) is 4.44. The van der Waals surface area contributed by atoms with E-state index < -0.39 is 0 Å². The van der Waals surface area contributed by atoms with Gasteiger partial charge in [-0.15, -0.1) is 0 Å². The lowest BCUT2D eigenvalue weighted by Crippen LogP contribution is -2.15. The number of carbonyl (C=O) groups is 1. The molecule has 1 amide bonds. The van der Waals surface area contributed by atoms with E-state index in [9.17, 15) is 4.79 Å². The van der Waals surface area contributed by atoms with E-state index in [-0.39, 0.29) is 12.3 Å². The molecule has 0 atom stereocenters. The Labute approximate surface area is 139 Å². The molecule has 1 heterocycles. The fourth-order valence-electron chi connectivity index (χ4n) is 2.41. The standard InChI is InChI=1S/C18H16ClN3O/c1-22-12-14(11-20-22)15-7-3-5-9-17(15)21-18(23)10-13-6-2-4-8-16(13)19/h2-9,11-12H,10H2,1H3,(H,21,23). The zero-order chi connectivity index (χ0) is 16.2. The highest BCUT2D eigenvalue weighted by Gasteiger charge is 2.11. The molecule has 0 saturated heterocycles. The molecule has 116 valence electrons. The van der Waals surface area contributed by atoms with Crippen molar-refractivity contribution in [3.8, 4) is 11.1 Å². The largest absolute Gasteiger partial charge is 0.325 e. The highest BCUT2D eigenvalue weighted by atomic mass is 35.5. The molecule has 1 N–H and O–H groups in total. The van der Waals surface area contributed by atoms with Crippen LogP contribution in [0, 0.1) is 0 Å². The second kappa shape index (κ2) is 6.67. The first-order valence-electron chi connectivity index (χ1n) is 7.25. The Hall–Kier alpha value is -2.59. The number of hydrogen-bond donors (Lipinski definition) is 1. The number of para-hydroxylation sites is 1. The van der Waals surface area contributed by atoms with E-state index in [1.165, 1.54) is 0 Å². The van der Waals surface area contributed by atoms with E-state index in [1.807, 2.05) is 55.7 Å². The van der Waals surface area contributed by atoms with E-state index >= 15 is 0 Å². The molecule has 0 bridgehead atoms. The van der Waals surface area contributed by atoms with Crippen LogP contribution in [0.2, 0.25) is 5.02 Å². The molecule has 23 heavy (non-hydrogen) atoms. The molecule has 0 saturated carbocycles. The molecule has 0 radical (unpaired) electrons. The van der Waals surface area contributed by atoms with E-state index in [0.717, 1.165) is 22.4 Å². The van der Waals surface area contributed by atoms with Gasteiger partial charge in [-0.2, -0.15) is 5.10 Å². The number of hydrogen-bond acceptors (Lipinski definition) is 2. The Morgan fingerprint density at radius 1 is 1.17 bits per heavy atom. The minimum Gasteiger partial charge on any atom is -0.325 e. The Balaban J connectivity index is 1.81. The van der Waals surface area contributed by atoms with Gasteiger partial charge in [0.15, 0.2) is 0 Å². The summed E-state index contributed by atoms with van der Waals surface area (Å²) >= 11 is 6.11. The zero-order valence-corrected chi connectivity index (χ0v) is 13.4. The molecular weight excluding hydrogens is 310 g/mol. The van der Waals surface area contributed by atoms with Crippen LogP contribution in [0.4, 0.5) is 5.69 Å². The number of benzene rings is 2. The third-order valence-corrected chi connectivity index (χ3v) is 3.89. The van der Waals surface area contributed by atoms with Crippen LogP contribution in [0.25, 0.3) is 11.1 Å². The maximum atomic E-state index is 12.3. The van der Waals surface area contributed by atoms with Crippen LogP contribution in [0.15, 0.2) is 60.9 Å². The van der Waals surface area contributed by atoms with Gasteiger partial charge in [-0.1, -0.05) is 48.0 Å². The SMILES string of the molecule is Cn1cc(-c2ccccc2NC(=O)Cc2ccccc2Cl)cn1. The van der Waals surface area contributed by atoms with Gasteiger partial charge >= 0.3 is 0 Å². The van der Waals surface area contributed by atoms with Crippen molar-refractivity contribution in [3.05, 3.63) is 71.5 Å². The zero-order valence-electron chi connectivity index (χ0n) is 12.7. The van der Waals surface area contributed by atoms with E-state index in [0.29, 0.717) is 5.02 Å². The van der Waals surface area contributed by atoms with Crippen LogP contribution < -0.4 is 5.32 Å². The summed E-state index contributed by atoms with van der Waals surface area (Å²) in [4.78, 5) is 12.3. The topological polar surface area (TPSA) is 46.9 Å². The van der Waals surface area contributed by atoms with Gasteiger partial charge in [0.05, 0.1) is 12.6 Å². The normalized spacial score (nSPS) is 10.5. The number of rotatable bonds is 4. The Bertz CT molecular complexity index is 842. The lowest BCUT2D eigenvalue weighted by Gasteiger charge is -2.10. The second-order valence-corrected chi connectivity index (χ2v) is 5.67. The molecule has 0 fully saturated rings. The smallest absolute Gasteiger partial charge is 0.228 e. The fraction of sp³-hybridized carbons (Fsp3) is 0.111. The predicted octanol–water partition coefficient (Wildman–Crippen LogP) is 3.92. The molecule has 0 aliphatic heterocycles. The maximum absolute atomic E-state index is 12.3. The van der Waals surface area contributed by atoms with Crippen molar-refractivity contribution in [1.82, 2.24) is 9.78 Å². The van der Waals surface area contributed by atoms with Crippen molar-refractivity contribution >= 4 is 23.2 Å². The number of aromatic nitrogens is 2. The summed E-state index contributed by atoms with van der Waals surface area (Å²) in [5.41, 5.74) is 3.47. The van der Waals surface area contributed by atoms with Crippen molar-refractivity contribution in [2.75, 3.05) is 5.32 Å². The van der Waals surface area contributed by atoms with Gasteiger partial charge < -0.3 is 5.32 Å². The van der Waals surface area contributed by atoms with Crippen LogP contribution in [0.1, 0.15) is 5.56 Å². The monoisotopic (exact) mass is 325 g/mol. The minimum atomic E-state index is -0.102. The quantitative estimate of drug-likeness (QED) is 0.790. The van der Waals surface area contributed by atoms with Gasteiger partial charge in [0.2, 0.25) is 5.91 Å². The lowest BCUT2D eigenvalue weighted by atomic mass is 10.1. The molecule has 3 rings (SSSR count). The van der Waals surface area contributed by atoms with Gasteiger partial charge in [-0.3, -0.25) is 9.48 Å². The van der Waals surface area contributed by atoms with Crippen molar-refractivity contribution < 1.29 is 4.79 Å². The van der Waals surface area contributed by atoms with Crippen molar-refractivity contribution in [3.63, 3.8) is 0 Å². The van der Waals surface area contributed by atoms with Crippen LogP contribution in [0.3, 0.4) is 0 Å². The fourth-order valence-corrected chi connectivity index (χ4v) is 2.62. The average molecular weight is 326 g/mol. The summed E-state index contributed by atoms with van der Waals surface area (Å²) in [5, 5.41) is 7.74. The number of amides is 1. The average Bonchev–Trinajstić information content (AvgIpc) is 2.96. The van der Waals surface area contributed by atoms with Crippen molar-refractivity contribution in [1.29, 1.82) is 0 Å². The first kappa shape index (κ1) is 15.3. The van der Waals surface area contributed by atoms with E-state index in [1.54, 1.807) is 16.9 Å². The summed E-state index contributed by atoms with van der Waals surface area (Å²) in [6.45, 7) is 0. The maximum Gasteiger partial charge on any atom is 0.228 e. The number of nitrogens with one attached hydrogen (secondary N) is 1. The number of nitrogens with zero attached hydrogens (tertiary/aromatic N) is 2. The number of anilines is 1. The molecule has 0 unspecified atom stereocenters. The summed E-state index contributed by atoms with van der Waals surface area (Å²) < 4.78 is 1.73. The van der Waals surface area contributed by atoms with Crippen LogP contribution in [-0.4, -0.2) is 15.7 Å². The lowest BCUT2D eigenvalue weighted by molar-refractivity contribution is -0.115. The first-order chi connectivity index (χ1) is 11.1. The van der Waals surface area contributed by atoms with E-state index in [2.05, 4.69) is 10.4 Å². The number of carbonyl (C=O) groups excluding carboxylic acids is 1. The number of aryl methyl sites for hydroxylation is 1. The molecule has 4 nitrogen and oxygen atoms in total. The van der Waals surface area contributed by atoms with Crippen molar-refractivity contribution in [2.24, 2.45) is 7.05 Å². The highest BCUT2D eigenvalue weighted by molar-refractivity contribution is 6.31. The van der Waals surface area contributed by atoms with Crippen LogP contribution in [-0.2, 0) is 18.3 Å². The highest BCUT2D eigenvalue weighted by Crippen LogP contribution is 2.27. The van der Waals surface area contributed by atoms with Gasteiger partial charge in [0.25, 0.3) is 0 Å². The Morgan fingerprint density at radius 2 is 1.91 bits per heavy atom. The first-order valence-corrected chi connectivity index (χ1v) is 7.62. The van der Waals surface area contributed by atoms with Gasteiger partial charge in [0, 0.05) is 35.1 Å². The summed E-state index contributed by atoms with van der Waals surface area (Å²) in [5.74, 6) is -0.102. The van der Waals surface area contributed by atoms with Crippen LogP contribution >= 0.6 is 11.6 Å². The van der Waals surface area contributed by atoms with Gasteiger partial charge in [-0.05, 0) is 17.7 Å². The van der Waals surface area contributed by atoms with Gasteiger partial charge in [-0.25, -0.2) is 0 Å². The van der Waals surface area contributed by atoms with Crippen LogP contribution in [0.5, 0.6) is 0 Å². The molecule has 5 heteroatoms. The summed E-state index contributed by atoms with van der Waals surface area (Å²) in [6.07, 6.45) is 3.93. The predicted molar refractivity (Wildman–Crippen MR) is 92.4 cm³/mol. The summed E-state index contributed by atoms with van der Waals surface area (Å²) in [6, 6.07) is 15.0. The van der Waals surface area contributed by atoms with Crippen molar-refractivity contribution in [2.45, 2.75) is 6.42 Å². The number of halogens is 1. The van der Waals surface area contributed by atoms with E-state index in [4.69, 9.17) is 11.6 Å². The third kappa shape index (κ3) is 3.60. The van der Waals surface area contributed by atoms with Gasteiger partial charge in [0.1, 0.15) is 0 Å². The molecule has 1 aromatic heterocycles. The Morgan fingerprint density at radius 3 is 2.65 bits per heavy atom. The molecule has 3 aromatic rings.